The summed E-state index contributed by atoms with van der Waals surface area (Å²) in [5.41, 5.74) is 2.91. The maximum Gasteiger partial charge on any atom is 0.264 e. The van der Waals surface area contributed by atoms with E-state index in [9.17, 15) is 13.2 Å². The third-order valence-electron chi connectivity index (χ3n) is 3.23. The van der Waals surface area contributed by atoms with Gasteiger partial charge in [0.05, 0.1) is 15.6 Å². The van der Waals surface area contributed by atoms with Crippen molar-refractivity contribution in [3.63, 3.8) is 0 Å². The molecule has 1 amide bonds. The molecule has 3 N–H and O–H groups in total. The number of nitrogens with two attached hydrogens (primary N) is 1. The fourth-order valence-electron chi connectivity index (χ4n) is 1.99. The van der Waals surface area contributed by atoms with E-state index in [-0.39, 0.29) is 20.6 Å². The van der Waals surface area contributed by atoms with Gasteiger partial charge in [0, 0.05) is 5.02 Å². The molecule has 0 bridgehead atoms. The molecule has 0 saturated heterocycles. The number of nitrogens with zero attached hydrogens (tertiary/aromatic N) is 1. The smallest absolute Gasteiger partial charge is 0.264 e. The molecule has 0 radical (unpaired) electrons. The second kappa shape index (κ2) is 7.40. The molecule has 0 aromatic heterocycles. The number of aryl methyl sites for hydroxylation is 1. The van der Waals surface area contributed by atoms with Crippen LogP contribution in [0.15, 0.2) is 47.4 Å². The number of sulfonamides is 1. The van der Waals surface area contributed by atoms with Gasteiger partial charge >= 0.3 is 0 Å². The van der Waals surface area contributed by atoms with Crippen LogP contribution in [0, 0.1) is 6.92 Å². The van der Waals surface area contributed by atoms with Crippen LogP contribution in [-0.4, -0.2) is 20.9 Å². The van der Waals surface area contributed by atoms with Crippen molar-refractivity contribution in [3.05, 3.63) is 58.1 Å². The van der Waals surface area contributed by atoms with Crippen LogP contribution in [0.4, 0.5) is 5.69 Å². The van der Waals surface area contributed by atoms with Crippen LogP contribution in [0.25, 0.3) is 0 Å². The molecule has 0 fully saturated rings. The first kappa shape index (κ1) is 18.5. The number of rotatable bonds is 5. The Kier molecular flexibility index (Phi) is 5.71. The first-order chi connectivity index (χ1) is 11.3. The minimum atomic E-state index is -4.04. The molecule has 2 aromatic carbocycles. The van der Waals surface area contributed by atoms with Crippen LogP contribution in [0.5, 0.6) is 0 Å². The van der Waals surface area contributed by atoms with Crippen LogP contribution in [0.1, 0.15) is 5.56 Å². The van der Waals surface area contributed by atoms with E-state index in [1.165, 1.54) is 30.3 Å². The van der Waals surface area contributed by atoms with Gasteiger partial charge in [-0.05, 0) is 37.3 Å². The number of benzene rings is 2. The Labute approximate surface area is 150 Å². The van der Waals surface area contributed by atoms with Crippen LogP contribution < -0.4 is 15.6 Å². The van der Waals surface area contributed by atoms with E-state index in [1.807, 2.05) is 12.3 Å². The molecule has 128 valence electrons. The summed E-state index contributed by atoms with van der Waals surface area (Å²) < 4.78 is 26.8. The van der Waals surface area contributed by atoms with Crippen molar-refractivity contribution in [1.29, 1.82) is 0 Å². The molecule has 9 heteroatoms. The van der Waals surface area contributed by atoms with E-state index in [2.05, 4.69) is 0 Å². The monoisotopic (exact) mass is 387 g/mol. The van der Waals surface area contributed by atoms with Gasteiger partial charge in [-0.3, -0.25) is 14.5 Å². The number of hydrogen-bond acceptors (Lipinski definition) is 4. The van der Waals surface area contributed by atoms with E-state index in [0.717, 1.165) is 9.87 Å². The zero-order valence-corrected chi connectivity index (χ0v) is 15.0. The lowest BCUT2D eigenvalue weighted by molar-refractivity contribution is -0.119. The minimum absolute atomic E-state index is 0.0222. The van der Waals surface area contributed by atoms with Gasteiger partial charge in [0.15, 0.2) is 0 Å². The number of nitrogens with one attached hydrogen (secondary N) is 1. The third-order valence-corrected chi connectivity index (χ3v) is 5.56. The molecular formula is C15H15Cl2N3O3S. The number of carbonyl (C=O) groups is 1. The van der Waals surface area contributed by atoms with Gasteiger partial charge in [-0.1, -0.05) is 40.9 Å². The molecule has 6 nitrogen and oxygen atoms in total. The normalized spacial score (nSPS) is 11.2. The molecule has 0 saturated carbocycles. The molecule has 0 aliphatic rings. The second-order valence-corrected chi connectivity index (χ2v) is 7.69. The van der Waals surface area contributed by atoms with E-state index in [1.54, 1.807) is 12.1 Å². The lowest BCUT2D eigenvalue weighted by Crippen LogP contribution is -2.43. The number of hydrazine groups is 1. The van der Waals surface area contributed by atoms with Crippen molar-refractivity contribution in [3.8, 4) is 0 Å². The molecular weight excluding hydrogens is 373 g/mol. The Balaban J connectivity index is 2.59. The van der Waals surface area contributed by atoms with Crippen LogP contribution >= 0.6 is 23.2 Å². The number of halogens is 2. The van der Waals surface area contributed by atoms with Crippen molar-refractivity contribution < 1.29 is 13.2 Å². The third kappa shape index (κ3) is 3.99. The predicted molar refractivity (Wildman–Crippen MR) is 94.5 cm³/mol. The zero-order chi connectivity index (χ0) is 17.9. The van der Waals surface area contributed by atoms with Crippen LogP contribution in [0.2, 0.25) is 10.0 Å². The standard InChI is InChI=1S/C15H15Cl2N3O3S/c1-10-2-5-12(6-3-10)24(22,23)20(9-15(21)19-18)14-8-11(16)4-7-13(14)17/h2-8H,9,18H2,1H3,(H,19,21). The largest absolute Gasteiger partial charge is 0.293 e. The number of hydrogen-bond donors (Lipinski definition) is 2. The predicted octanol–water partition coefficient (Wildman–Crippen LogP) is 2.49. The summed E-state index contributed by atoms with van der Waals surface area (Å²) in [7, 11) is -4.04. The van der Waals surface area contributed by atoms with Crippen molar-refractivity contribution in [1.82, 2.24) is 5.43 Å². The fourth-order valence-corrected chi connectivity index (χ4v) is 3.86. The maximum atomic E-state index is 13.0. The van der Waals surface area contributed by atoms with Gasteiger partial charge in [-0.2, -0.15) is 0 Å². The Bertz CT molecular complexity index is 855. The van der Waals surface area contributed by atoms with Gasteiger partial charge in [0.1, 0.15) is 6.54 Å². The van der Waals surface area contributed by atoms with Crippen molar-refractivity contribution in [2.75, 3.05) is 10.8 Å². The SMILES string of the molecule is Cc1ccc(S(=O)(=O)N(CC(=O)NN)c2cc(Cl)ccc2Cl)cc1. The highest BCUT2D eigenvalue weighted by Crippen LogP contribution is 2.32. The highest BCUT2D eigenvalue weighted by atomic mass is 35.5. The van der Waals surface area contributed by atoms with Gasteiger partial charge < -0.3 is 0 Å². The topological polar surface area (TPSA) is 92.5 Å². The molecule has 0 spiro atoms. The Morgan fingerprint density at radius 2 is 1.79 bits per heavy atom. The van der Waals surface area contributed by atoms with E-state index in [4.69, 9.17) is 29.0 Å². The molecule has 0 unspecified atom stereocenters. The number of amides is 1. The highest BCUT2D eigenvalue weighted by Gasteiger charge is 2.28. The summed E-state index contributed by atoms with van der Waals surface area (Å²) in [6, 6.07) is 10.6. The summed E-state index contributed by atoms with van der Waals surface area (Å²) in [6.07, 6.45) is 0. The minimum Gasteiger partial charge on any atom is -0.293 e. The second-order valence-electron chi connectivity index (χ2n) is 4.99. The Morgan fingerprint density at radius 3 is 2.38 bits per heavy atom. The van der Waals surface area contributed by atoms with Gasteiger partial charge in [0.25, 0.3) is 15.9 Å². The van der Waals surface area contributed by atoms with Crippen molar-refractivity contribution in [2.24, 2.45) is 5.84 Å². The lowest BCUT2D eigenvalue weighted by Gasteiger charge is -2.24. The molecule has 2 rings (SSSR count). The molecule has 0 aliphatic heterocycles. The van der Waals surface area contributed by atoms with E-state index >= 15 is 0 Å². The maximum absolute atomic E-state index is 13.0. The number of carbonyl (C=O) groups excluding carboxylic acids is 1. The van der Waals surface area contributed by atoms with Crippen LogP contribution in [-0.2, 0) is 14.8 Å². The van der Waals surface area contributed by atoms with Crippen molar-refractivity contribution >= 4 is 44.8 Å². The van der Waals surface area contributed by atoms with E-state index < -0.39 is 22.5 Å². The molecule has 2 aromatic rings. The van der Waals surface area contributed by atoms with Crippen LogP contribution in [0.3, 0.4) is 0 Å². The Morgan fingerprint density at radius 1 is 1.17 bits per heavy atom. The first-order valence-electron chi connectivity index (χ1n) is 6.79. The quantitative estimate of drug-likeness (QED) is 0.468. The van der Waals surface area contributed by atoms with Gasteiger partial charge in [-0.25, -0.2) is 14.3 Å². The lowest BCUT2D eigenvalue weighted by atomic mass is 10.2. The average molecular weight is 388 g/mol. The molecule has 0 aliphatic carbocycles. The number of anilines is 1. The summed E-state index contributed by atoms with van der Waals surface area (Å²) >= 11 is 12.1. The summed E-state index contributed by atoms with van der Waals surface area (Å²) in [5, 5.41) is 0.423. The first-order valence-corrected chi connectivity index (χ1v) is 8.99. The van der Waals surface area contributed by atoms with E-state index in [0.29, 0.717) is 0 Å². The molecule has 0 heterocycles. The summed E-state index contributed by atoms with van der Waals surface area (Å²) in [5.74, 6) is 4.40. The molecule has 0 atom stereocenters. The van der Waals surface area contributed by atoms with Gasteiger partial charge in [-0.15, -0.1) is 0 Å². The summed E-state index contributed by atoms with van der Waals surface area (Å²) in [6.45, 7) is 1.30. The average Bonchev–Trinajstić information content (AvgIpc) is 2.55. The summed E-state index contributed by atoms with van der Waals surface area (Å²) in [4.78, 5) is 11.7. The Hall–Kier alpha value is -1.80. The highest BCUT2D eigenvalue weighted by molar-refractivity contribution is 7.92. The molecule has 24 heavy (non-hydrogen) atoms. The fraction of sp³-hybridized carbons (Fsp3) is 0.133. The zero-order valence-electron chi connectivity index (χ0n) is 12.7. The van der Waals surface area contributed by atoms with Gasteiger partial charge in [0.2, 0.25) is 0 Å². The van der Waals surface area contributed by atoms with Crippen molar-refractivity contribution in [2.45, 2.75) is 11.8 Å².